The Hall–Kier alpha value is -3.74. The van der Waals surface area contributed by atoms with Crippen molar-refractivity contribution >= 4 is 12.1 Å². The van der Waals surface area contributed by atoms with E-state index < -0.39 is 5.91 Å². The standard InChI is InChI=1S/C21H20N4O3/c1-3-28-17-9-7-16(8-10-17)19-13-22-14-20(24-19)21(26)25-23-12-15-5-4-6-18(11-15)27-2/h4-14H,3H2,1-2H3,(H,25,26). The second kappa shape index (κ2) is 9.27. The van der Waals surface area contributed by atoms with Crippen LogP contribution < -0.4 is 14.9 Å². The first-order chi connectivity index (χ1) is 13.7. The van der Waals surface area contributed by atoms with E-state index >= 15 is 0 Å². The largest absolute Gasteiger partial charge is 0.497 e. The molecule has 0 saturated carbocycles. The molecule has 1 aromatic heterocycles. The fraction of sp³-hybridized carbons (Fsp3) is 0.143. The summed E-state index contributed by atoms with van der Waals surface area (Å²) >= 11 is 0. The first kappa shape index (κ1) is 19.0. The summed E-state index contributed by atoms with van der Waals surface area (Å²) in [6.45, 7) is 2.53. The number of aromatic nitrogens is 2. The van der Waals surface area contributed by atoms with Crippen LogP contribution in [0.2, 0.25) is 0 Å². The van der Waals surface area contributed by atoms with Crippen molar-refractivity contribution in [3.63, 3.8) is 0 Å². The van der Waals surface area contributed by atoms with Crippen molar-refractivity contribution in [2.24, 2.45) is 5.10 Å². The summed E-state index contributed by atoms with van der Waals surface area (Å²) in [6, 6.07) is 14.8. The van der Waals surface area contributed by atoms with Crippen LogP contribution in [0.15, 0.2) is 66.0 Å². The molecule has 1 heterocycles. The van der Waals surface area contributed by atoms with Gasteiger partial charge in [-0.15, -0.1) is 0 Å². The van der Waals surface area contributed by atoms with Crippen molar-refractivity contribution in [3.05, 3.63) is 72.2 Å². The summed E-state index contributed by atoms with van der Waals surface area (Å²) in [5, 5.41) is 3.96. The molecule has 0 aliphatic heterocycles. The number of carbonyl (C=O) groups is 1. The van der Waals surface area contributed by atoms with Gasteiger partial charge in [0, 0.05) is 5.56 Å². The highest BCUT2D eigenvalue weighted by molar-refractivity contribution is 5.93. The molecule has 0 aliphatic carbocycles. The number of hydrogen-bond acceptors (Lipinski definition) is 6. The highest BCUT2D eigenvalue weighted by Gasteiger charge is 2.09. The van der Waals surface area contributed by atoms with E-state index in [-0.39, 0.29) is 5.69 Å². The van der Waals surface area contributed by atoms with Gasteiger partial charge in [-0.3, -0.25) is 9.78 Å². The summed E-state index contributed by atoms with van der Waals surface area (Å²) in [5.41, 5.74) is 4.86. The van der Waals surface area contributed by atoms with E-state index in [9.17, 15) is 4.79 Å². The Bertz CT molecular complexity index is 971. The third-order valence-electron chi connectivity index (χ3n) is 3.80. The fourth-order valence-electron chi connectivity index (χ4n) is 2.45. The van der Waals surface area contributed by atoms with Crippen molar-refractivity contribution in [1.82, 2.24) is 15.4 Å². The Kier molecular flexibility index (Phi) is 6.30. The van der Waals surface area contributed by atoms with E-state index in [0.717, 1.165) is 16.9 Å². The Morgan fingerprint density at radius 2 is 1.96 bits per heavy atom. The molecule has 0 saturated heterocycles. The smallest absolute Gasteiger partial charge is 0.291 e. The minimum Gasteiger partial charge on any atom is -0.497 e. The lowest BCUT2D eigenvalue weighted by Crippen LogP contribution is -2.19. The van der Waals surface area contributed by atoms with E-state index in [1.54, 1.807) is 13.3 Å². The predicted molar refractivity (Wildman–Crippen MR) is 107 cm³/mol. The maximum absolute atomic E-state index is 12.3. The molecule has 0 fully saturated rings. The van der Waals surface area contributed by atoms with Gasteiger partial charge < -0.3 is 9.47 Å². The van der Waals surface area contributed by atoms with Crippen LogP contribution in [-0.2, 0) is 0 Å². The zero-order valence-corrected chi connectivity index (χ0v) is 15.6. The van der Waals surface area contributed by atoms with Crippen molar-refractivity contribution in [1.29, 1.82) is 0 Å². The van der Waals surface area contributed by atoms with Gasteiger partial charge in [0.2, 0.25) is 0 Å². The number of amides is 1. The van der Waals surface area contributed by atoms with Gasteiger partial charge in [-0.1, -0.05) is 12.1 Å². The average Bonchev–Trinajstić information content (AvgIpc) is 2.75. The Morgan fingerprint density at radius 3 is 2.71 bits per heavy atom. The van der Waals surface area contributed by atoms with E-state index in [0.29, 0.717) is 18.1 Å². The van der Waals surface area contributed by atoms with Gasteiger partial charge in [0.05, 0.1) is 38.0 Å². The monoisotopic (exact) mass is 376 g/mol. The van der Waals surface area contributed by atoms with Gasteiger partial charge in [-0.2, -0.15) is 5.10 Å². The van der Waals surface area contributed by atoms with Gasteiger partial charge in [-0.25, -0.2) is 10.4 Å². The number of hydrazone groups is 1. The lowest BCUT2D eigenvalue weighted by molar-refractivity contribution is 0.0950. The highest BCUT2D eigenvalue weighted by Crippen LogP contribution is 2.20. The number of nitrogens with one attached hydrogen (secondary N) is 1. The lowest BCUT2D eigenvalue weighted by atomic mass is 10.1. The van der Waals surface area contributed by atoms with Crippen molar-refractivity contribution in [3.8, 4) is 22.8 Å². The molecule has 7 heteroatoms. The molecule has 3 aromatic rings. The van der Waals surface area contributed by atoms with E-state index in [2.05, 4.69) is 20.5 Å². The van der Waals surface area contributed by atoms with Gasteiger partial charge >= 0.3 is 0 Å². The van der Waals surface area contributed by atoms with Crippen LogP contribution >= 0.6 is 0 Å². The number of hydrogen-bond donors (Lipinski definition) is 1. The molecule has 0 radical (unpaired) electrons. The third kappa shape index (κ3) is 4.91. The van der Waals surface area contributed by atoms with Crippen LogP contribution in [-0.4, -0.2) is 35.8 Å². The molecule has 2 aromatic carbocycles. The Morgan fingerprint density at radius 1 is 1.14 bits per heavy atom. The molecule has 0 atom stereocenters. The molecule has 142 valence electrons. The molecule has 7 nitrogen and oxygen atoms in total. The number of ether oxygens (including phenoxy) is 2. The topological polar surface area (TPSA) is 85.7 Å². The summed E-state index contributed by atoms with van der Waals surface area (Å²) in [4.78, 5) is 20.8. The van der Waals surface area contributed by atoms with Gasteiger partial charge in [0.15, 0.2) is 0 Å². The second-order valence-corrected chi connectivity index (χ2v) is 5.72. The number of benzene rings is 2. The third-order valence-corrected chi connectivity index (χ3v) is 3.80. The van der Waals surface area contributed by atoms with Crippen LogP contribution in [0.4, 0.5) is 0 Å². The maximum Gasteiger partial charge on any atom is 0.291 e. The minimum atomic E-state index is -0.445. The zero-order chi connectivity index (χ0) is 19.8. The first-order valence-electron chi connectivity index (χ1n) is 8.72. The molecule has 0 bridgehead atoms. The normalized spacial score (nSPS) is 10.6. The molecular weight excluding hydrogens is 356 g/mol. The predicted octanol–water partition coefficient (Wildman–Crippen LogP) is 3.31. The number of nitrogens with zero attached hydrogens (tertiary/aromatic N) is 3. The van der Waals surface area contributed by atoms with Crippen LogP contribution in [0.5, 0.6) is 11.5 Å². The second-order valence-electron chi connectivity index (χ2n) is 5.72. The molecule has 1 amide bonds. The average molecular weight is 376 g/mol. The van der Waals surface area contributed by atoms with Crippen LogP contribution in [0.1, 0.15) is 23.0 Å². The number of carbonyl (C=O) groups excluding carboxylic acids is 1. The number of rotatable bonds is 7. The quantitative estimate of drug-likeness (QED) is 0.505. The van der Waals surface area contributed by atoms with E-state index in [1.807, 2.05) is 55.5 Å². The summed E-state index contributed by atoms with van der Waals surface area (Å²) in [6.07, 6.45) is 4.53. The number of methoxy groups -OCH3 is 1. The van der Waals surface area contributed by atoms with Gasteiger partial charge in [-0.05, 0) is 48.9 Å². The summed E-state index contributed by atoms with van der Waals surface area (Å²) < 4.78 is 10.6. The Labute approximate surface area is 163 Å². The van der Waals surface area contributed by atoms with E-state index in [1.165, 1.54) is 12.4 Å². The molecule has 3 rings (SSSR count). The van der Waals surface area contributed by atoms with Crippen molar-refractivity contribution in [2.75, 3.05) is 13.7 Å². The molecule has 0 unspecified atom stereocenters. The molecule has 0 spiro atoms. The van der Waals surface area contributed by atoms with Gasteiger partial charge in [0.25, 0.3) is 5.91 Å². The first-order valence-corrected chi connectivity index (χ1v) is 8.72. The molecule has 1 N–H and O–H groups in total. The molecule has 28 heavy (non-hydrogen) atoms. The minimum absolute atomic E-state index is 0.175. The lowest BCUT2D eigenvalue weighted by Gasteiger charge is -2.06. The summed E-state index contributed by atoms with van der Waals surface area (Å²) in [5.74, 6) is 1.05. The molecular formula is C21H20N4O3. The van der Waals surface area contributed by atoms with Crippen LogP contribution in [0, 0.1) is 0 Å². The van der Waals surface area contributed by atoms with E-state index in [4.69, 9.17) is 9.47 Å². The van der Waals surface area contributed by atoms with Crippen LogP contribution in [0.3, 0.4) is 0 Å². The van der Waals surface area contributed by atoms with Crippen LogP contribution in [0.25, 0.3) is 11.3 Å². The van der Waals surface area contributed by atoms with Crippen molar-refractivity contribution in [2.45, 2.75) is 6.92 Å². The highest BCUT2D eigenvalue weighted by atomic mass is 16.5. The fourth-order valence-corrected chi connectivity index (χ4v) is 2.45. The Balaban J connectivity index is 1.68. The molecule has 0 aliphatic rings. The SMILES string of the molecule is CCOc1ccc(-c2cncc(C(=O)NN=Cc3cccc(OC)c3)n2)cc1. The maximum atomic E-state index is 12.3. The van der Waals surface area contributed by atoms with Gasteiger partial charge in [0.1, 0.15) is 17.2 Å². The summed E-state index contributed by atoms with van der Waals surface area (Å²) in [7, 11) is 1.59. The zero-order valence-electron chi connectivity index (χ0n) is 15.6. The van der Waals surface area contributed by atoms with Crippen molar-refractivity contribution < 1.29 is 14.3 Å².